The summed E-state index contributed by atoms with van der Waals surface area (Å²) in [5.41, 5.74) is 0.886. The van der Waals surface area contributed by atoms with Gasteiger partial charge in [-0.15, -0.1) is 0 Å². The maximum Gasteiger partial charge on any atom is 0.308 e. The standard InChI is InChI=1S/C27H22F4N4O2/c28-15-8-16-17(11-32-25(16)20(31)9-15)26-33-21(14-5-6-18(29)19(30)7-14)10-22(35-26)34-24-13-3-1-12(2-4-13)23(24)27(36)37/h5-13,23-24,32H,1-4H2,(H,36,37)(H,33,34,35)/t12?,13?,23-,24-/m1/s1. The van der Waals surface area contributed by atoms with E-state index in [4.69, 9.17) is 0 Å². The smallest absolute Gasteiger partial charge is 0.308 e. The Morgan fingerprint density at radius 1 is 0.919 bits per heavy atom. The molecule has 3 saturated carbocycles. The van der Waals surface area contributed by atoms with Crippen LogP contribution in [0.3, 0.4) is 0 Å². The van der Waals surface area contributed by atoms with Crippen molar-refractivity contribution in [1.82, 2.24) is 15.0 Å². The van der Waals surface area contributed by atoms with Gasteiger partial charge in [-0.25, -0.2) is 27.5 Å². The zero-order valence-corrected chi connectivity index (χ0v) is 19.4. The van der Waals surface area contributed by atoms with Gasteiger partial charge in [0.05, 0.1) is 17.1 Å². The number of benzene rings is 2. The molecule has 190 valence electrons. The van der Waals surface area contributed by atoms with Gasteiger partial charge in [0.15, 0.2) is 17.5 Å². The van der Waals surface area contributed by atoms with Crippen LogP contribution in [-0.2, 0) is 4.79 Å². The predicted octanol–water partition coefficient (Wildman–Crippen LogP) is 6.15. The molecular formula is C27H22F4N4O2. The lowest BCUT2D eigenvalue weighted by Crippen LogP contribution is -2.51. The number of carbonyl (C=O) groups is 1. The molecule has 2 heterocycles. The van der Waals surface area contributed by atoms with Crippen LogP contribution in [0.5, 0.6) is 0 Å². The predicted molar refractivity (Wildman–Crippen MR) is 129 cm³/mol. The van der Waals surface area contributed by atoms with Crippen molar-refractivity contribution in [3.8, 4) is 22.6 Å². The molecule has 0 amide bonds. The van der Waals surface area contributed by atoms with E-state index in [0.717, 1.165) is 49.9 Å². The number of rotatable bonds is 5. The first-order valence-electron chi connectivity index (χ1n) is 12.1. The third-order valence-electron chi connectivity index (χ3n) is 7.71. The van der Waals surface area contributed by atoms with Crippen molar-refractivity contribution in [3.63, 3.8) is 0 Å². The van der Waals surface area contributed by atoms with Crippen molar-refractivity contribution in [1.29, 1.82) is 0 Å². The maximum atomic E-state index is 14.3. The normalized spacial score (nSPS) is 22.9. The maximum absolute atomic E-state index is 14.3. The Morgan fingerprint density at radius 2 is 1.68 bits per heavy atom. The average molecular weight is 510 g/mol. The van der Waals surface area contributed by atoms with Crippen LogP contribution in [0.15, 0.2) is 42.6 Å². The first-order chi connectivity index (χ1) is 17.8. The first-order valence-corrected chi connectivity index (χ1v) is 12.1. The lowest BCUT2D eigenvalue weighted by atomic mass is 9.61. The van der Waals surface area contributed by atoms with Crippen LogP contribution in [0, 0.1) is 41.0 Å². The summed E-state index contributed by atoms with van der Waals surface area (Å²) in [4.78, 5) is 24.0. The molecule has 3 aliphatic carbocycles. The molecule has 37 heavy (non-hydrogen) atoms. The Kier molecular flexibility index (Phi) is 5.62. The van der Waals surface area contributed by atoms with E-state index in [1.807, 2.05) is 0 Å². The number of carboxylic acids is 1. The molecule has 4 aromatic rings. The molecule has 0 saturated heterocycles. The van der Waals surface area contributed by atoms with Crippen molar-refractivity contribution < 1.29 is 27.5 Å². The van der Waals surface area contributed by atoms with Crippen molar-refractivity contribution in [2.45, 2.75) is 31.7 Å². The number of nitrogens with zero attached hydrogens (tertiary/aromatic N) is 2. The van der Waals surface area contributed by atoms with Gasteiger partial charge in [0.2, 0.25) is 0 Å². The Labute approximate surface area is 208 Å². The number of hydrogen-bond donors (Lipinski definition) is 3. The largest absolute Gasteiger partial charge is 0.481 e. The highest BCUT2D eigenvalue weighted by Crippen LogP contribution is 2.46. The fourth-order valence-corrected chi connectivity index (χ4v) is 5.97. The monoisotopic (exact) mass is 510 g/mol. The number of halogens is 4. The minimum absolute atomic E-state index is 0.0616. The van der Waals surface area contributed by atoms with E-state index in [2.05, 4.69) is 20.3 Å². The van der Waals surface area contributed by atoms with Gasteiger partial charge in [-0.05, 0) is 61.8 Å². The van der Waals surface area contributed by atoms with Crippen molar-refractivity contribution in [3.05, 3.63) is 65.9 Å². The van der Waals surface area contributed by atoms with Crippen LogP contribution in [0.25, 0.3) is 33.5 Å². The lowest BCUT2D eigenvalue weighted by Gasteiger charge is -2.47. The zero-order valence-electron chi connectivity index (χ0n) is 19.4. The van der Waals surface area contributed by atoms with Crippen LogP contribution in [0.4, 0.5) is 23.4 Å². The van der Waals surface area contributed by atoms with Crippen LogP contribution in [0.1, 0.15) is 25.7 Å². The number of nitrogens with one attached hydrogen (secondary N) is 2. The SMILES string of the molecule is O=C(O)[C@@H]1C2CCC(CC2)[C@H]1Nc1cc(-c2ccc(F)c(F)c2)nc(-c2c[nH]c3c(F)cc(F)cc23)n1. The third kappa shape index (κ3) is 4.10. The van der Waals surface area contributed by atoms with Gasteiger partial charge in [0, 0.05) is 40.9 Å². The second-order valence-electron chi connectivity index (χ2n) is 9.81. The molecule has 3 fully saturated rings. The molecule has 3 N–H and O–H groups in total. The Hall–Kier alpha value is -3.95. The first kappa shape index (κ1) is 23.4. The van der Waals surface area contributed by atoms with Crippen LogP contribution < -0.4 is 5.32 Å². The molecule has 10 heteroatoms. The number of H-pyrrole nitrogens is 1. The summed E-state index contributed by atoms with van der Waals surface area (Å²) in [5, 5.41) is 13.5. The van der Waals surface area contributed by atoms with Gasteiger partial charge in [-0.1, -0.05) is 0 Å². The van der Waals surface area contributed by atoms with E-state index in [1.165, 1.54) is 12.3 Å². The average Bonchev–Trinajstić information content (AvgIpc) is 3.30. The van der Waals surface area contributed by atoms with Crippen molar-refractivity contribution in [2.24, 2.45) is 17.8 Å². The van der Waals surface area contributed by atoms with Gasteiger partial charge < -0.3 is 15.4 Å². The molecule has 2 aromatic heterocycles. The summed E-state index contributed by atoms with van der Waals surface area (Å²) < 4.78 is 56.1. The Morgan fingerprint density at radius 3 is 2.41 bits per heavy atom. The van der Waals surface area contributed by atoms with E-state index < -0.39 is 35.2 Å². The highest BCUT2D eigenvalue weighted by Gasteiger charge is 2.47. The Bertz CT molecular complexity index is 1530. The van der Waals surface area contributed by atoms with Crippen molar-refractivity contribution in [2.75, 3.05) is 5.32 Å². The molecule has 0 spiro atoms. The number of anilines is 1. The second kappa shape index (κ2) is 8.86. The molecule has 0 aliphatic heterocycles. The fourth-order valence-electron chi connectivity index (χ4n) is 5.97. The van der Waals surface area contributed by atoms with Gasteiger partial charge >= 0.3 is 5.97 Å². The number of fused-ring (bicyclic) bond motifs is 4. The number of aliphatic carboxylic acids is 1. The minimum atomic E-state index is -1.06. The van der Waals surface area contributed by atoms with E-state index in [0.29, 0.717) is 11.4 Å². The number of aromatic amines is 1. The van der Waals surface area contributed by atoms with Gasteiger partial charge in [-0.3, -0.25) is 4.79 Å². The topological polar surface area (TPSA) is 90.9 Å². The van der Waals surface area contributed by atoms with E-state index >= 15 is 0 Å². The van der Waals surface area contributed by atoms with Crippen molar-refractivity contribution >= 4 is 22.7 Å². The number of hydrogen-bond acceptors (Lipinski definition) is 4. The van der Waals surface area contributed by atoms with Crippen LogP contribution in [-0.4, -0.2) is 32.1 Å². The summed E-state index contributed by atoms with van der Waals surface area (Å²) in [6, 6.07) is 6.45. The molecule has 7 rings (SSSR count). The quantitative estimate of drug-likeness (QED) is 0.280. The lowest BCUT2D eigenvalue weighted by molar-refractivity contribution is -0.148. The minimum Gasteiger partial charge on any atom is -0.481 e. The highest BCUT2D eigenvalue weighted by atomic mass is 19.2. The molecule has 0 unspecified atom stereocenters. The van der Waals surface area contributed by atoms with Crippen LogP contribution >= 0.6 is 0 Å². The summed E-state index contributed by atoms with van der Waals surface area (Å²) in [5.74, 6) is -4.49. The van der Waals surface area contributed by atoms with Gasteiger partial charge in [0.25, 0.3) is 0 Å². The summed E-state index contributed by atoms with van der Waals surface area (Å²) >= 11 is 0. The molecule has 2 bridgehead atoms. The van der Waals surface area contributed by atoms with Gasteiger partial charge in [0.1, 0.15) is 17.5 Å². The van der Waals surface area contributed by atoms with E-state index in [-0.39, 0.29) is 45.9 Å². The molecular weight excluding hydrogens is 488 g/mol. The molecule has 0 radical (unpaired) electrons. The van der Waals surface area contributed by atoms with Gasteiger partial charge in [-0.2, -0.15) is 0 Å². The number of aromatic nitrogens is 3. The molecule has 6 nitrogen and oxygen atoms in total. The summed E-state index contributed by atoms with van der Waals surface area (Å²) in [7, 11) is 0. The fraction of sp³-hybridized carbons (Fsp3) is 0.296. The zero-order chi connectivity index (χ0) is 25.8. The molecule has 2 atom stereocenters. The second-order valence-corrected chi connectivity index (χ2v) is 9.81. The highest BCUT2D eigenvalue weighted by molar-refractivity contribution is 5.94. The summed E-state index contributed by atoms with van der Waals surface area (Å²) in [6.45, 7) is 0. The van der Waals surface area contributed by atoms with E-state index in [1.54, 1.807) is 6.07 Å². The van der Waals surface area contributed by atoms with E-state index in [9.17, 15) is 27.5 Å². The Balaban J connectivity index is 1.49. The molecule has 3 aliphatic rings. The third-order valence-corrected chi connectivity index (χ3v) is 7.71. The summed E-state index contributed by atoms with van der Waals surface area (Å²) in [6.07, 6.45) is 4.98. The van der Waals surface area contributed by atoms with Crippen LogP contribution in [0.2, 0.25) is 0 Å². The number of carboxylic acid groups (broad SMARTS) is 1. The molecule has 2 aromatic carbocycles.